The highest BCUT2D eigenvalue weighted by atomic mass is 16.8. The third-order valence-corrected chi connectivity index (χ3v) is 3.74. The molecule has 1 unspecified atom stereocenters. The van der Waals surface area contributed by atoms with Gasteiger partial charge in [0.2, 0.25) is 0 Å². The van der Waals surface area contributed by atoms with E-state index in [4.69, 9.17) is 25.4 Å². The third-order valence-electron chi connectivity index (χ3n) is 3.74. The fourth-order valence-corrected chi connectivity index (χ4v) is 2.63. The Kier molecular flexibility index (Phi) is 4.74. The van der Waals surface area contributed by atoms with Crippen LogP contribution in [0.15, 0.2) is 30.3 Å². The van der Waals surface area contributed by atoms with Crippen LogP contribution in [0.4, 0.5) is 0 Å². The number of aliphatic hydroxyl groups is 2. The van der Waals surface area contributed by atoms with Gasteiger partial charge in [-0.05, 0) is 0 Å². The van der Waals surface area contributed by atoms with Crippen LogP contribution in [0.3, 0.4) is 0 Å². The number of hydrogen-bond donors (Lipinski definition) is 2. The fraction of sp³-hybridized carbons (Fsp3) is 0.500. The summed E-state index contributed by atoms with van der Waals surface area (Å²) >= 11 is 0. The Morgan fingerprint density at radius 3 is 2.68 bits per heavy atom. The van der Waals surface area contributed by atoms with Gasteiger partial charge >= 0.3 is 0 Å². The van der Waals surface area contributed by atoms with Crippen LogP contribution in [0.1, 0.15) is 11.9 Å². The number of fused-ring (bicyclic) bond motifs is 1. The molecule has 6 atom stereocenters. The van der Waals surface area contributed by atoms with E-state index < -0.39 is 37.0 Å². The molecule has 22 heavy (non-hydrogen) atoms. The van der Waals surface area contributed by atoms with Crippen LogP contribution in [0.5, 0.6) is 0 Å². The van der Waals surface area contributed by atoms with Crippen molar-refractivity contribution in [1.29, 1.82) is 0 Å². The highest BCUT2D eigenvalue weighted by Gasteiger charge is 2.49. The standard InChI is InChI=1S/C16H18O6/c1-2-8-19-16-13(18)12(17)14-11(21-16)9-20-15(22-14)10-6-4-3-5-7-10/h1,3-7,11-18H,8-9H2/t11-,12-,13-,14+,15?,16-/m1/s1. The van der Waals surface area contributed by atoms with Crippen molar-refractivity contribution in [2.75, 3.05) is 13.2 Å². The largest absolute Gasteiger partial charge is 0.387 e. The van der Waals surface area contributed by atoms with E-state index in [0.717, 1.165) is 5.56 Å². The summed E-state index contributed by atoms with van der Waals surface area (Å²) in [7, 11) is 0. The monoisotopic (exact) mass is 306 g/mol. The predicted octanol–water partition coefficient (Wildman–Crippen LogP) is 0.197. The predicted molar refractivity (Wildman–Crippen MR) is 75.5 cm³/mol. The maximum absolute atomic E-state index is 10.3. The minimum atomic E-state index is -1.23. The Labute approximate surface area is 128 Å². The number of hydrogen-bond acceptors (Lipinski definition) is 6. The van der Waals surface area contributed by atoms with Gasteiger partial charge in [0, 0.05) is 5.56 Å². The molecule has 2 heterocycles. The summed E-state index contributed by atoms with van der Waals surface area (Å²) in [6.07, 6.45) is -0.0733. The number of aliphatic hydroxyl groups excluding tert-OH is 2. The van der Waals surface area contributed by atoms with Crippen LogP contribution < -0.4 is 0 Å². The zero-order valence-corrected chi connectivity index (χ0v) is 11.9. The second-order valence-electron chi connectivity index (χ2n) is 5.22. The van der Waals surface area contributed by atoms with Gasteiger partial charge in [0.1, 0.15) is 31.0 Å². The molecule has 3 rings (SSSR count). The normalized spacial score (nSPS) is 38.0. The highest BCUT2D eigenvalue weighted by Crippen LogP contribution is 2.34. The molecule has 2 N–H and O–H groups in total. The lowest BCUT2D eigenvalue weighted by atomic mass is 9.98. The van der Waals surface area contributed by atoms with E-state index in [1.165, 1.54) is 0 Å². The van der Waals surface area contributed by atoms with Crippen LogP contribution >= 0.6 is 0 Å². The summed E-state index contributed by atoms with van der Waals surface area (Å²) in [4.78, 5) is 0. The average Bonchev–Trinajstić information content (AvgIpc) is 2.57. The molecule has 0 aliphatic carbocycles. The number of terminal acetylenes is 1. The van der Waals surface area contributed by atoms with Crippen molar-refractivity contribution in [3.05, 3.63) is 35.9 Å². The van der Waals surface area contributed by atoms with Gasteiger partial charge in [-0.1, -0.05) is 36.3 Å². The summed E-state index contributed by atoms with van der Waals surface area (Å²) in [6.45, 7) is 0.212. The Morgan fingerprint density at radius 2 is 1.95 bits per heavy atom. The molecule has 0 saturated carbocycles. The van der Waals surface area contributed by atoms with Crippen LogP contribution in [-0.4, -0.2) is 54.1 Å². The summed E-state index contributed by atoms with van der Waals surface area (Å²) in [5.41, 5.74) is 0.841. The summed E-state index contributed by atoms with van der Waals surface area (Å²) < 4.78 is 22.2. The molecule has 6 heteroatoms. The van der Waals surface area contributed by atoms with Crippen molar-refractivity contribution in [1.82, 2.24) is 0 Å². The van der Waals surface area contributed by atoms with E-state index in [9.17, 15) is 10.2 Å². The molecule has 0 radical (unpaired) electrons. The number of ether oxygens (including phenoxy) is 4. The molecule has 2 aliphatic rings. The van der Waals surface area contributed by atoms with Crippen molar-refractivity contribution < 1.29 is 29.2 Å². The molecule has 2 saturated heterocycles. The molecule has 0 bridgehead atoms. The maximum Gasteiger partial charge on any atom is 0.187 e. The molecule has 0 amide bonds. The smallest absolute Gasteiger partial charge is 0.187 e. The lowest BCUT2D eigenvalue weighted by Crippen LogP contribution is -2.62. The molecule has 1 aromatic carbocycles. The molecule has 2 fully saturated rings. The van der Waals surface area contributed by atoms with Crippen molar-refractivity contribution in [3.8, 4) is 12.3 Å². The first kappa shape index (κ1) is 15.4. The fourth-order valence-electron chi connectivity index (χ4n) is 2.63. The van der Waals surface area contributed by atoms with Gasteiger partial charge in [-0.2, -0.15) is 0 Å². The SMILES string of the molecule is C#CCO[C@@H]1O[C@@H]2COC(c3ccccc3)O[C@@H]2[C@H](O)[C@H]1O. The van der Waals surface area contributed by atoms with Crippen molar-refractivity contribution >= 4 is 0 Å². The third kappa shape index (κ3) is 3.01. The summed E-state index contributed by atoms with van der Waals surface area (Å²) in [5, 5.41) is 20.3. The summed E-state index contributed by atoms with van der Waals surface area (Å²) in [5.74, 6) is 2.29. The second-order valence-corrected chi connectivity index (χ2v) is 5.22. The Bertz CT molecular complexity index is 525. The van der Waals surface area contributed by atoms with Crippen molar-refractivity contribution in [3.63, 3.8) is 0 Å². The van der Waals surface area contributed by atoms with Crippen molar-refractivity contribution in [2.45, 2.75) is 37.0 Å². The Hall–Kier alpha value is -1.46. The zero-order valence-electron chi connectivity index (χ0n) is 11.9. The topological polar surface area (TPSA) is 77.4 Å². The van der Waals surface area contributed by atoms with E-state index in [2.05, 4.69) is 5.92 Å². The molecule has 118 valence electrons. The molecular weight excluding hydrogens is 288 g/mol. The lowest BCUT2D eigenvalue weighted by Gasteiger charge is -2.46. The van der Waals surface area contributed by atoms with E-state index in [1.807, 2.05) is 30.3 Å². The Balaban J connectivity index is 1.69. The minimum absolute atomic E-state index is 0.0137. The molecule has 0 aromatic heterocycles. The molecule has 2 aliphatic heterocycles. The van der Waals surface area contributed by atoms with Gasteiger partial charge in [-0.3, -0.25) is 0 Å². The van der Waals surface area contributed by atoms with Gasteiger partial charge in [0.15, 0.2) is 12.6 Å². The number of rotatable bonds is 3. The first-order chi connectivity index (χ1) is 10.7. The van der Waals surface area contributed by atoms with Crippen LogP contribution in [-0.2, 0) is 18.9 Å². The first-order valence-electron chi connectivity index (χ1n) is 7.09. The zero-order chi connectivity index (χ0) is 15.5. The average molecular weight is 306 g/mol. The van der Waals surface area contributed by atoms with Gasteiger partial charge < -0.3 is 29.2 Å². The molecule has 6 nitrogen and oxygen atoms in total. The van der Waals surface area contributed by atoms with E-state index >= 15 is 0 Å². The number of benzene rings is 1. The van der Waals surface area contributed by atoms with Crippen LogP contribution in [0.2, 0.25) is 0 Å². The minimum Gasteiger partial charge on any atom is -0.387 e. The molecule has 0 spiro atoms. The second kappa shape index (κ2) is 6.75. The van der Waals surface area contributed by atoms with Crippen LogP contribution in [0, 0.1) is 12.3 Å². The van der Waals surface area contributed by atoms with E-state index in [-0.39, 0.29) is 13.2 Å². The summed E-state index contributed by atoms with van der Waals surface area (Å²) in [6, 6.07) is 9.39. The van der Waals surface area contributed by atoms with Gasteiger partial charge in [0.25, 0.3) is 0 Å². The van der Waals surface area contributed by atoms with E-state index in [0.29, 0.717) is 0 Å². The maximum atomic E-state index is 10.3. The van der Waals surface area contributed by atoms with E-state index in [1.54, 1.807) is 0 Å². The first-order valence-corrected chi connectivity index (χ1v) is 7.09. The van der Waals surface area contributed by atoms with Gasteiger partial charge in [-0.15, -0.1) is 6.42 Å². The lowest BCUT2D eigenvalue weighted by molar-refractivity contribution is -0.359. The molecule has 1 aromatic rings. The van der Waals surface area contributed by atoms with Crippen LogP contribution in [0.25, 0.3) is 0 Å². The van der Waals surface area contributed by atoms with Gasteiger partial charge in [0.05, 0.1) is 6.61 Å². The molecular formula is C16H18O6. The van der Waals surface area contributed by atoms with Crippen molar-refractivity contribution in [2.24, 2.45) is 0 Å². The van der Waals surface area contributed by atoms with Gasteiger partial charge in [-0.25, -0.2) is 0 Å². The Morgan fingerprint density at radius 1 is 1.18 bits per heavy atom. The highest BCUT2D eigenvalue weighted by molar-refractivity contribution is 5.16. The quantitative estimate of drug-likeness (QED) is 0.777.